The lowest BCUT2D eigenvalue weighted by Crippen LogP contribution is -2.46. The summed E-state index contributed by atoms with van der Waals surface area (Å²) < 4.78 is 5.87. The third-order valence-corrected chi connectivity index (χ3v) is 10.0. The highest BCUT2D eigenvalue weighted by atomic mass is 16.5. The average Bonchev–Trinajstić information content (AvgIpc) is 3.13. The van der Waals surface area contributed by atoms with Gasteiger partial charge in [0.15, 0.2) is 0 Å². The van der Waals surface area contributed by atoms with Crippen LogP contribution in [0.3, 0.4) is 0 Å². The first kappa shape index (κ1) is 50.1. The van der Waals surface area contributed by atoms with Gasteiger partial charge in [-0.25, -0.2) is 0 Å². The largest absolute Gasteiger partial charge is 0.462 e. The normalized spacial score (nSPS) is 13.7. The average molecular weight is 732 g/mol. The second-order valence-corrected chi connectivity index (χ2v) is 15.1. The maximum Gasteiger partial charge on any atom is 0.306 e. The molecular formula is C46H85NO5. The fraction of sp³-hybridized carbons (Fsp3) is 0.826. The lowest BCUT2D eigenvalue weighted by molar-refractivity contribution is -0.151. The van der Waals surface area contributed by atoms with Gasteiger partial charge in [-0.1, -0.05) is 198 Å². The van der Waals surface area contributed by atoms with Crippen LogP contribution in [0.5, 0.6) is 0 Å². The van der Waals surface area contributed by atoms with Crippen molar-refractivity contribution in [3.63, 3.8) is 0 Å². The number of carbonyl (C=O) groups is 2. The first-order chi connectivity index (χ1) is 25.5. The number of rotatable bonds is 39. The SMILES string of the molecule is CC/C=C/C=C/C=C\CCCCCC(CC(=O)NC(CO)C(O)CCCCCCCCCCCCCC)OC(=O)CCCCCCCCCCCC. The van der Waals surface area contributed by atoms with Crippen LogP contribution in [0.15, 0.2) is 36.5 Å². The number of esters is 1. The van der Waals surface area contributed by atoms with Crippen LogP contribution < -0.4 is 5.32 Å². The molecule has 0 aliphatic heterocycles. The van der Waals surface area contributed by atoms with Gasteiger partial charge in [0.05, 0.1) is 25.2 Å². The molecule has 0 aliphatic carbocycles. The molecule has 0 fully saturated rings. The van der Waals surface area contributed by atoms with Gasteiger partial charge in [-0.3, -0.25) is 9.59 Å². The Morgan fingerprint density at radius 3 is 1.56 bits per heavy atom. The molecular weight excluding hydrogens is 647 g/mol. The molecule has 3 N–H and O–H groups in total. The highest BCUT2D eigenvalue weighted by Crippen LogP contribution is 2.17. The van der Waals surface area contributed by atoms with E-state index in [1.807, 2.05) is 12.2 Å². The molecule has 304 valence electrons. The zero-order chi connectivity index (χ0) is 38.2. The summed E-state index contributed by atoms with van der Waals surface area (Å²) in [6, 6.07) is -0.707. The van der Waals surface area contributed by atoms with E-state index >= 15 is 0 Å². The minimum Gasteiger partial charge on any atom is -0.462 e. The Bertz CT molecular complexity index is 869. The van der Waals surface area contributed by atoms with Crippen molar-refractivity contribution in [1.82, 2.24) is 5.32 Å². The summed E-state index contributed by atoms with van der Waals surface area (Å²) in [4.78, 5) is 25.9. The van der Waals surface area contributed by atoms with Crippen LogP contribution in [0.2, 0.25) is 0 Å². The van der Waals surface area contributed by atoms with E-state index in [-0.39, 0.29) is 24.9 Å². The molecule has 0 heterocycles. The molecule has 0 aromatic heterocycles. The van der Waals surface area contributed by atoms with E-state index in [2.05, 4.69) is 50.4 Å². The molecule has 3 atom stereocenters. The van der Waals surface area contributed by atoms with Gasteiger partial charge in [0, 0.05) is 6.42 Å². The predicted molar refractivity (Wildman–Crippen MR) is 222 cm³/mol. The van der Waals surface area contributed by atoms with Gasteiger partial charge in [-0.2, -0.15) is 0 Å². The third kappa shape index (κ3) is 35.1. The first-order valence-electron chi connectivity index (χ1n) is 22.2. The maximum atomic E-state index is 13.1. The number of hydrogen-bond acceptors (Lipinski definition) is 5. The third-order valence-electron chi connectivity index (χ3n) is 10.0. The Morgan fingerprint density at radius 1 is 0.577 bits per heavy atom. The van der Waals surface area contributed by atoms with Crippen LogP contribution in [-0.2, 0) is 14.3 Å². The van der Waals surface area contributed by atoms with Gasteiger partial charge in [0.1, 0.15) is 6.10 Å². The van der Waals surface area contributed by atoms with Crippen molar-refractivity contribution in [3.8, 4) is 0 Å². The maximum absolute atomic E-state index is 13.1. The van der Waals surface area contributed by atoms with E-state index in [9.17, 15) is 19.8 Å². The summed E-state index contributed by atoms with van der Waals surface area (Å²) >= 11 is 0. The zero-order valence-corrected chi connectivity index (χ0v) is 34.4. The topological polar surface area (TPSA) is 95.9 Å². The van der Waals surface area contributed by atoms with Crippen LogP contribution in [-0.4, -0.2) is 46.9 Å². The van der Waals surface area contributed by atoms with E-state index in [1.54, 1.807) is 0 Å². The van der Waals surface area contributed by atoms with Crippen molar-refractivity contribution in [3.05, 3.63) is 36.5 Å². The highest BCUT2D eigenvalue weighted by molar-refractivity contribution is 5.77. The van der Waals surface area contributed by atoms with Crippen LogP contribution >= 0.6 is 0 Å². The molecule has 6 nitrogen and oxygen atoms in total. The fourth-order valence-electron chi connectivity index (χ4n) is 6.66. The minimum atomic E-state index is -0.792. The minimum absolute atomic E-state index is 0.0571. The lowest BCUT2D eigenvalue weighted by Gasteiger charge is -2.24. The number of allylic oxidation sites excluding steroid dienone is 6. The van der Waals surface area contributed by atoms with Gasteiger partial charge in [0.2, 0.25) is 5.91 Å². The van der Waals surface area contributed by atoms with Crippen LogP contribution in [0.1, 0.15) is 220 Å². The van der Waals surface area contributed by atoms with E-state index in [0.717, 1.165) is 70.6 Å². The Morgan fingerprint density at radius 2 is 1.04 bits per heavy atom. The first-order valence-corrected chi connectivity index (χ1v) is 22.2. The highest BCUT2D eigenvalue weighted by Gasteiger charge is 2.24. The smallest absolute Gasteiger partial charge is 0.306 e. The number of hydrogen-bond donors (Lipinski definition) is 3. The summed E-state index contributed by atoms with van der Waals surface area (Å²) in [7, 11) is 0. The van der Waals surface area contributed by atoms with Crippen LogP contribution in [0.4, 0.5) is 0 Å². The Kier molecular flexibility index (Phi) is 38.8. The molecule has 0 aromatic rings. The molecule has 3 unspecified atom stereocenters. The second-order valence-electron chi connectivity index (χ2n) is 15.1. The number of unbranched alkanes of at least 4 members (excludes halogenated alkanes) is 23. The van der Waals surface area contributed by atoms with Gasteiger partial charge in [-0.15, -0.1) is 0 Å². The molecule has 0 spiro atoms. The van der Waals surface area contributed by atoms with E-state index in [0.29, 0.717) is 19.3 Å². The van der Waals surface area contributed by atoms with Gasteiger partial charge in [-0.05, 0) is 44.9 Å². The van der Waals surface area contributed by atoms with Crippen molar-refractivity contribution in [2.24, 2.45) is 0 Å². The molecule has 0 aromatic carbocycles. The van der Waals surface area contributed by atoms with Crippen LogP contribution in [0, 0.1) is 0 Å². The fourth-order valence-corrected chi connectivity index (χ4v) is 6.66. The summed E-state index contributed by atoms with van der Waals surface area (Å²) in [6.07, 6.45) is 44.9. The second kappa shape index (κ2) is 40.3. The monoisotopic (exact) mass is 732 g/mol. The number of aliphatic hydroxyl groups excluding tert-OH is 2. The Labute approximate surface area is 322 Å². The van der Waals surface area contributed by atoms with E-state index in [4.69, 9.17) is 4.74 Å². The van der Waals surface area contributed by atoms with Crippen molar-refractivity contribution in [2.45, 2.75) is 238 Å². The van der Waals surface area contributed by atoms with Crippen molar-refractivity contribution >= 4 is 11.9 Å². The molecule has 0 rings (SSSR count). The zero-order valence-electron chi connectivity index (χ0n) is 34.4. The molecule has 0 saturated heterocycles. The molecule has 0 radical (unpaired) electrons. The van der Waals surface area contributed by atoms with Crippen molar-refractivity contribution < 1.29 is 24.5 Å². The van der Waals surface area contributed by atoms with Gasteiger partial charge >= 0.3 is 5.97 Å². The Balaban J connectivity index is 4.61. The van der Waals surface area contributed by atoms with E-state index in [1.165, 1.54) is 103 Å². The van der Waals surface area contributed by atoms with Gasteiger partial charge < -0.3 is 20.3 Å². The number of ether oxygens (including phenoxy) is 1. The van der Waals surface area contributed by atoms with Crippen molar-refractivity contribution in [1.29, 1.82) is 0 Å². The predicted octanol–water partition coefficient (Wildman–Crippen LogP) is 12.6. The van der Waals surface area contributed by atoms with Crippen LogP contribution in [0.25, 0.3) is 0 Å². The molecule has 6 heteroatoms. The summed E-state index contributed by atoms with van der Waals surface area (Å²) in [5.74, 6) is -0.508. The standard InChI is InChI=1S/C46H85NO5/c1-4-7-10-13-16-19-22-24-26-29-32-35-38-44(49)43(41-48)47-45(50)40-42(37-34-31-28-25-23-20-17-14-11-8-5-2)52-46(51)39-36-33-30-27-21-18-15-12-9-6-3/h8,11,14,17,20,23,42-44,48-49H,4-7,9-10,12-13,15-16,18-19,21-22,24-41H2,1-3H3,(H,47,50)/b11-8+,17-14+,23-20-. The molecule has 52 heavy (non-hydrogen) atoms. The summed E-state index contributed by atoms with van der Waals surface area (Å²) in [6.45, 7) is 6.31. The summed E-state index contributed by atoms with van der Waals surface area (Å²) in [5.41, 5.74) is 0. The number of amides is 1. The number of nitrogens with one attached hydrogen (secondary N) is 1. The molecule has 0 bridgehead atoms. The van der Waals surface area contributed by atoms with Gasteiger partial charge in [0.25, 0.3) is 0 Å². The molecule has 0 saturated carbocycles. The number of aliphatic hydroxyl groups is 2. The summed E-state index contributed by atoms with van der Waals surface area (Å²) in [5, 5.41) is 23.6. The quantitative estimate of drug-likeness (QED) is 0.0332. The Hall–Kier alpha value is -1.92. The van der Waals surface area contributed by atoms with Crippen molar-refractivity contribution in [2.75, 3.05) is 6.61 Å². The van der Waals surface area contributed by atoms with E-state index < -0.39 is 18.2 Å². The molecule has 1 amide bonds. The molecule has 0 aliphatic rings. The lowest BCUT2D eigenvalue weighted by atomic mass is 10.0. The number of carbonyl (C=O) groups excluding carboxylic acids is 2.